The Labute approximate surface area is 139 Å². The fourth-order valence-electron chi connectivity index (χ4n) is 2.69. The van der Waals surface area contributed by atoms with Gasteiger partial charge < -0.3 is 15.0 Å². The summed E-state index contributed by atoms with van der Waals surface area (Å²) in [5.41, 5.74) is 3.92. The Bertz CT molecular complexity index is 912. The number of esters is 1. The van der Waals surface area contributed by atoms with Crippen molar-refractivity contribution in [2.45, 2.75) is 13.3 Å². The number of amides is 1. The summed E-state index contributed by atoms with van der Waals surface area (Å²) in [6.45, 7) is 1.84. The van der Waals surface area contributed by atoms with Crippen LogP contribution in [0.4, 0.5) is 5.69 Å². The van der Waals surface area contributed by atoms with Gasteiger partial charge in [0.1, 0.15) is 0 Å². The average Bonchev–Trinajstić information content (AvgIpc) is 2.99. The van der Waals surface area contributed by atoms with Crippen LogP contribution < -0.4 is 5.32 Å². The van der Waals surface area contributed by atoms with Crippen LogP contribution in [0, 0.1) is 6.92 Å². The molecule has 0 aliphatic heterocycles. The first-order valence-electron chi connectivity index (χ1n) is 7.62. The van der Waals surface area contributed by atoms with Crippen LogP contribution >= 0.6 is 0 Å². The maximum atomic E-state index is 12.3. The summed E-state index contributed by atoms with van der Waals surface area (Å²) >= 11 is 0. The van der Waals surface area contributed by atoms with Gasteiger partial charge in [-0.2, -0.15) is 0 Å². The number of benzene rings is 2. The maximum absolute atomic E-state index is 12.3. The zero-order chi connectivity index (χ0) is 17.1. The molecule has 1 amide bonds. The van der Waals surface area contributed by atoms with E-state index in [4.69, 9.17) is 4.74 Å². The van der Waals surface area contributed by atoms with Gasteiger partial charge in [-0.3, -0.25) is 4.79 Å². The van der Waals surface area contributed by atoms with Gasteiger partial charge in [-0.1, -0.05) is 18.2 Å². The van der Waals surface area contributed by atoms with Crippen molar-refractivity contribution >= 4 is 28.5 Å². The molecule has 0 fully saturated rings. The molecule has 0 spiro atoms. The van der Waals surface area contributed by atoms with Crippen molar-refractivity contribution in [1.29, 1.82) is 0 Å². The summed E-state index contributed by atoms with van der Waals surface area (Å²) in [5.74, 6) is -0.497. The van der Waals surface area contributed by atoms with Crippen LogP contribution in [0.5, 0.6) is 0 Å². The molecule has 0 bridgehead atoms. The second kappa shape index (κ2) is 6.58. The first-order chi connectivity index (χ1) is 11.6. The van der Waals surface area contributed by atoms with E-state index in [0.29, 0.717) is 11.3 Å². The topological polar surface area (TPSA) is 71.2 Å². The highest BCUT2D eigenvalue weighted by atomic mass is 16.5. The molecule has 5 heteroatoms. The minimum absolute atomic E-state index is 0.103. The minimum atomic E-state index is -0.394. The summed E-state index contributed by atoms with van der Waals surface area (Å²) < 4.78 is 4.69. The van der Waals surface area contributed by atoms with E-state index in [-0.39, 0.29) is 12.3 Å². The molecular formula is C19H18N2O3. The Morgan fingerprint density at radius 1 is 1.17 bits per heavy atom. The van der Waals surface area contributed by atoms with E-state index in [1.165, 1.54) is 7.11 Å². The van der Waals surface area contributed by atoms with Crippen molar-refractivity contribution in [2.75, 3.05) is 12.4 Å². The summed E-state index contributed by atoms with van der Waals surface area (Å²) in [5, 5.41) is 3.94. The number of carbonyl (C=O) groups excluding carboxylic acids is 2. The van der Waals surface area contributed by atoms with Gasteiger partial charge in [-0.05, 0) is 42.3 Å². The van der Waals surface area contributed by atoms with E-state index in [9.17, 15) is 9.59 Å². The number of aryl methyl sites for hydroxylation is 1. The number of carbonyl (C=O) groups is 2. The van der Waals surface area contributed by atoms with Gasteiger partial charge >= 0.3 is 5.97 Å². The molecule has 0 aliphatic rings. The second-order valence-corrected chi connectivity index (χ2v) is 5.61. The Morgan fingerprint density at radius 3 is 2.71 bits per heavy atom. The lowest BCUT2D eigenvalue weighted by molar-refractivity contribution is -0.115. The van der Waals surface area contributed by atoms with E-state index < -0.39 is 5.97 Å². The molecular weight excluding hydrogens is 304 g/mol. The first kappa shape index (κ1) is 15.8. The van der Waals surface area contributed by atoms with Crippen molar-refractivity contribution in [1.82, 2.24) is 4.98 Å². The Hall–Kier alpha value is -3.08. The minimum Gasteiger partial charge on any atom is -0.465 e. The second-order valence-electron chi connectivity index (χ2n) is 5.61. The highest BCUT2D eigenvalue weighted by Gasteiger charge is 2.12. The smallest absolute Gasteiger partial charge is 0.337 e. The van der Waals surface area contributed by atoms with Crippen LogP contribution in [-0.2, 0) is 16.0 Å². The van der Waals surface area contributed by atoms with E-state index in [1.54, 1.807) is 18.2 Å². The number of rotatable bonds is 4. The average molecular weight is 322 g/mol. The molecule has 0 atom stereocenters. The number of aromatic nitrogens is 1. The van der Waals surface area contributed by atoms with Crippen molar-refractivity contribution in [3.8, 4) is 0 Å². The Morgan fingerprint density at radius 2 is 1.96 bits per heavy atom. The van der Waals surface area contributed by atoms with Gasteiger partial charge in [-0.15, -0.1) is 0 Å². The van der Waals surface area contributed by atoms with Gasteiger partial charge in [-0.25, -0.2) is 4.79 Å². The summed E-state index contributed by atoms with van der Waals surface area (Å²) in [7, 11) is 1.34. The summed E-state index contributed by atoms with van der Waals surface area (Å²) in [6.07, 6.45) is 2.14. The predicted molar refractivity (Wildman–Crippen MR) is 93.2 cm³/mol. The quantitative estimate of drug-likeness (QED) is 0.723. The third-order valence-electron chi connectivity index (χ3n) is 3.95. The molecule has 5 nitrogen and oxygen atoms in total. The van der Waals surface area contributed by atoms with E-state index in [0.717, 1.165) is 22.0 Å². The zero-order valence-electron chi connectivity index (χ0n) is 13.6. The van der Waals surface area contributed by atoms with E-state index in [1.807, 2.05) is 37.4 Å². The normalized spacial score (nSPS) is 10.6. The number of hydrogen-bond donors (Lipinski definition) is 2. The van der Waals surface area contributed by atoms with Gasteiger partial charge in [0.05, 0.1) is 19.1 Å². The van der Waals surface area contributed by atoms with Crippen LogP contribution in [-0.4, -0.2) is 24.0 Å². The molecule has 0 saturated heterocycles. The molecule has 0 radical (unpaired) electrons. The van der Waals surface area contributed by atoms with Crippen molar-refractivity contribution < 1.29 is 14.3 Å². The highest BCUT2D eigenvalue weighted by molar-refractivity contribution is 5.97. The molecule has 3 rings (SSSR count). The Kier molecular flexibility index (Phi) is 4.33. The molecule has 0 saturated carbocycles. The SMILES string of the molecule is COC(=O)c1ccc(NC(=O)Cc2c[nH]c3ccccc23)c(C)c1. The zero-order valence-corrected chi connectivity index (χ0v) is 13.6. The van der Waals surface area contributed by atoms with Crippen molar-refractivity contribution in [2.24, 2.45) is 0 Å². The fraction of sp³-hybridized carbons (Fsp3) is 0.158. The standard InChI is InChI=1S/C19H18N2O3/c1-12-9-13(19(23)24-2)7-8-16(12)21-18(22)10-14-11-20-17-6-4-3-5-15(14)17/h3-9,11,20H,10H2,1-2H3,(H,21,22). The number of nitrogens with one attached hydrogen (secondary N) is 2. The van der Waals surface area contributed by atoms with Gasteiger partial charge in [0.15, 0.2) is 0 Å². The van der Waals surface area contributed by atoms with E-state index in [2.05, 4.69) is 10.3 Å². The van der Waals surface area contributed by atoms with Crippen LogP contribution in [0.1, 0.15) is 21.5 Å². The molecule has 0 aliphatic carbocycles. The molecule has 3 aromatic rings. The van der Waals surface area contributed by atoms with Gasteiger partial charge in [0.2, 0.25) is 5.91 Å². The molecule has 2 aromatic carbocycles. The third kappa shape index (κ3) is 3.15. The van der Waals surface area contributed by atoms with Crippen molar-refractivity contribution in [3.05, 3.63) is 65.4 Å². The lowest BCUT2D eigenvalue weighted by Gasteiger charge is -2.09. The van der Waals surface area contributed by atoms with E-state index >= 15 is 0 Å². The third-order valence-corrected chi connectivity index (χ3v) is 3.95. The van der Waals surface area contributed by atoms with Crippen LogP contribution in [0.25, 0.3) is 10.9 Å². The molecule has 2 N–H and O–H groups in total. The van der Waals surface area contributed by atoms with Gasteiger partial charge in [0.25, 0.3) is 0 Å². The number of methoxy groups -OCH3 is 1. The molecule has 1 aromatic heterocycles. The maximum Gasteiger partial charge on any atom is 0.337 e. The van der Waals surface area contributed by atoms with Gasteiger partial charge in [0, 0.05) is 22.8 Å². The van der Waals surface area contributed by atoms with Crippen LogP contribution in [0.2, 0.25) is 0 Å². The number of para-hydroxylation sites is 1. The number of H-pyrrole nitrogens is 1. The fourth-order valence-corrected chi connectivity index (χ4v) is 2.69. The van der Waals surface area contributed by atoms with Crippen molar-refractivity contribution in [3.63, 3.8) is 0 Å². The first-order valence-corrected chi connectivity index (χ1v) is 7.62. The highest BCUT2D eigenvalue weighted by Crippen LogP contribution is 2.20. The molecule has 122 valence electrons. The lowest BCUT2D eigenvalue weighted by Crippen LogP contribution is -2.15. The monoisotopic (exact) mass is 322 g/mol. The lowest BCUT2D eigenvalue weighted by atomic mass is 10.1. The molecule has 0 unspecified atom stereocenters. The number of hydrogen-bond acceptors (Lipinski definition) is 3. The number of fused-ring (bicyclic) bond motifs is 1. The molecule has 24 heavy (non-hydrogen) atoms. The molecule has 1 heterocycles. The Balaban J connectivity index is 1.74. The predicted octanol–water partition coefficient (Wildman–Crippen LogP) is 3.44. The summed E-state index contributed by atoms with van der Waals surface area (Å²) in [6, 6.07) is 12.9. The van der Waals surface area contributed by atoms with Crippen LogP contribution in [0.3, 0.4) is 0 Å². The number of ether oxygens (including phenoxy) is 1. The largest absolute Gasteiger partial charge is 0.465 e. The van der Waals surface area contributed by atoms with Crippen LogP contribution in [0.15, 0.2) is 48.7 Å². The summed E-state index contributed by atoms with van der Waals surface area (Å²) in [4.78, 5) is 27.0. The number of anilines is 1. The number of aromatic amines is 1.